The minimum atomic E-state index is 0.518. The van der Waals surface area contributed by atoms with Gasteiger partial charge in [0, 0.05) is 31.0 Å². The summed E-state index contributed by atoms with van der Waals surface area (Å²) in [6.07, 6.45) is 7.48. The number of aromatic nitrogens is 4. The Morgan fingerprint density at radius 2 is 1.82 bits per heavy atom. The van der Waals surface area contributed by atoms with Gasteiger partial charge < -0.3 is 9.32 Å². The van der Waals surface area contributed by atoms with Gasteiger partial charge in [-0.2, -0.15) is 0 Å². The molecule has 0 aromatic carbocycles. The second-order valence-electron chi connectivity index (χ2n) is 5.21. The summed E-state index contributed by atoms with van der Waals surface area (Å²) in [5.41, 5.74) is 1.77. The van der Waals surface area contributed by atoms with Crippen molar-refractivity contribution < 1.29 is 4.42 Å². The first kappa shape index (κ1) is 12.9. The van der Waals surface area contributed by atoms with Gasteiger partial charge in [0.25, 0.3) is 0 Å². The largest absolute Gasteiger partial charge is 0.461 e. The molecule has 4 rings (SSSR count). The highest BCUT2D eigenvalue weighted by atomic mass is 16.3. The van der Waals surface area contributed by atoms with Crippen LogP contribution in [0.1, 0.15) is 12.8 Å². The monoisotopic (exact) mass is 293 g/mol. The number of rotatable bonds is 3. The van der Waals surface area contributed by atoms with Crippen LogP contribution in [-0.2, 0) is 0 Å². The predicted molar refractivity (Wildman–Crippen MR) is 82.2 cm³/mol. The lowest BCUT2D eigenvalue weighted by atomic mass is 10.2. The van der Waals surface area contributed by atoms with Gasteiger partial charge in [0.1, 0.15) is 5.69 Å². The normalized spacial score (nSPS) is 14.5. The third-order valence-electron chi connectivity index (χ3n) is 3.77. The van der Waals surface area contributed by atoms with E-state index < -0.39 is 0 Å². The lowest BCUT2D eigenvalue weighted by molar-refractivity contribution is 0.575. The molecule has 22 heavy (non-hydrogen) atoms. The van der Waals surface area contributed by atoms with Crippen molar-refractivity contribution in [3.05, 3.63) is 42.9 Å². The third-order valence-corrected chi connectivity index (χ3v) is 3.77. The molecule has 0 bridgehead atoms. The SMILES string of the molecule is c1coc(-c2nnc(-c3ccncc3)c(N3CCCC3)n2)c1. The molecule has 0 saturated carbocycles. The topological polar surface area (TPSA) is 67.9 Å². The predicted octanol–water partition coefficient (Wildman–Crippen LogP) is 2.79. The lowest BCUT2D eigenvalue weighted by Gasteiger charge is -2.19. The van der Waals surface area contributed by atoms with Crippen LogP contribution in [0, 0.1) is 0 Å². The van der Waals surface area contributed by atoms with Gasteiger partial charge in [-0.1, -0.05) is 0 Å². The summed E-state index contributed by atoms with van der Waals surface area (Å²) < 4.78 is 5.39. The van der Waals surface area contributed by atoms with Gasteiger partial charge in [-0.3, -0.25) is 4.98 Å². The summed E-state index contributed by atoms with van der Waals surface area (Å²) in [6.45, 7) is 1.99. The Morgan fingerprint density at radius 3 is 2.55 bits per heavy atom. The zero-order chi connectivity index (χ0) is 14.8. The maximum Gasteiger partial charge on any atom is 0.219 e. The molecule has 110 valence electrons. The Labute approximate surface area is 127 Å². The number of anilines is 1. The van der Waals surface area contributed by atoms with Crippen molar-refractivity contribution in [3.63, 3.8) is 0 Å². The van der Waals surface area contributed by atoms with E-state index >= 15 is 0 Å². The van der Waals surface area contributed by atoms with E-state index in [1.807, 2.05) is 24.3 Å². The Hall–Kier alpha value is -2.76. The quantitative estimate of drug-likeness (QED) is 0.739. The number of furan rings is 1. The second-order valence-corrected chi connectivity index (χ2v) is 5.21. The molecular formula is C16H15N5O. The molecule has 4 heterocycles. The number of pyridine rings is 1. The van der Waals surface area contributed by atoms with E-state index in [1.165, 1.54) is 12.8 Å². The average molecular weight is 293 g/mol. The molecule has 6 heteroatoms. The summed E-state index contributed by atoms with van der Waals surface area (Å²) in [6, 6.07) is 7.53. The van der Waals surface area contributed by atoms with Gasteiger partial charge >= 0.3 is 0 Å². The second kappa shape index (κ2) is 5.55. The molecule has 0 spiro atoms. The van der Waals surface area contributed by atoms with Crippen molar-refractivity contribution >= 4 is 5.82 Å². The molecular weight excluding hydrogens is 278 g/mol. The van der Waals surface area contributed by atoms with Gasteiger partial charge in [-0.05, 0) is 37.1 Å². The van der Waals surface area contributed by atoms with E-state index in [0.29, 0.717) is 11.6 Å². The van der Waals surface area contributed by atoms with Crippen molar-refractivity contribution in [1.82, 2.24) is 20.2 Å². The summed E-state index contributed by atoms with van der Waals surface area (Å²) >= 11 is 0. The van der Waals surface area contributed by atoms with Gasteiger partial charge in [0.2, 0.25) is 5.82 Å². The van der Waals surface area contributed by atoms with E-state index in [9.17, 15) is 0 Å². The van der Waals surface area contributed by atoms with Crippen LogP contribution in [0.3, 0.4) is 0 Å². The van der Waals surface area contributed by atoms with Gasteiger partial charge in [-0.25, -0.2) is 4.98 Å². The highest BCUT2D eigenvalue weighted by Gasteiger charge is 2.21. The molecule has 3 aromatic rings. The molecule has 6 nitrogen and oxygen atoms in total. The number of hydrogen-bond donors (Lipinski definition) is 0. The van der Waals surface area contributed by atoms with Gasteiger partial charge in [0.15, 0.2) is 11.6 Å². The maximum atomic E-state index is 5.39. The maximum absolute atomic E-state index is 5.39. The van der Waals surface area contributed by atoms with Crippen molar-refractivity contribution in [2.24, 2.45) is 0 Å². The Balaban J connectivity index is 1.83. The van der Waals surface area contributed by atoms with E-state index in [2.05, 4.69) is 20.1 Å². The van der Waals surface area contributed by atoms with Crippen LogP contribution >= 0.6 is 0 Å². The molecule has 0 unspecified atom stereocenters. The van der Waals surface area contributed by atoms with E-state index in [-0.39, 0.29) is 0 Å². The van der Waals surface area contributed by atoms with Crippen LogP contribution in [-0.4, -0.2) is 33.3 Å². The van der Waals surface area contributed by atoms with Crippen LogP contribution < -0.4 is 4.90 Å². The first-order valence-corrected chi connectivity index (χ1v) is 7.36. The summed E-state index contributed by atoms with van der Waals surface area (Å²) in [7, 11) is 0. The first-order valence-electron chi connectivity index (χ1n) is 7.36. The standard InChI is InChI=1S/C16H15N5O/c1-2-10-21(9-1)16-14(12-5-7-17-8-6-12)19-20-15(18-16)13-4-3-11-22-13/h3-8,11H,1-2,9-10H2. The van der Waals surface area contributed by atoms with Crippen molar-refractivity contribution in [3.8, 4) is 22.8 Å². The summed E-state index contributed by atoms with van der Waals surface area (Å²) in [5.74, 6) is 2.02. The highest BCUT2D eigenvalue weighted by Crippen LogP contribution is 2.30. The summed E-state index contributed by atoms with van der Waals surface area (Å²) in [5, 5.41) is 8.64. The zero-order valence-corrected chi connectivity index (χ0v) is 12.0. The Morgan fingerprint density at radius 1 is 1.00 bits per heavy atom. The Kier molecular flexibility index (Phi) is 3.27. The molecule has 0 atom stereocenters. The van der Waals surface area contributed by atoms with E-state index in [1.54, 1.807) is 18.7 Å². The van der Waals surface area contributed by atoms with Crippen molar-refractivity contribution in [2.45, 2.75) is 12.8 Å². The average Bonchev–Trinajstić information content (AvgIpc) is 3.29. The molecule has 0 radical (unpaired) electrons. The van der Waals surface area contributed by atoms with E-state index in [0.717, 1.165) is 30.2 Å². The van der Waals surface area contributed by atoms with Crippen molar-refractivity contribution in [1.29, 1.82) is 0 Å². The van der Waals surface area contributed by atoms with Gasteiger partial charge in [-0.15, -0.1) is 10.2 Å². The molecule has 3 aromatic heterocycles. The molecule has 0 aliphatic carbocycles. The highest BCUT2D eigenvalue weighted by molar-refractivity contribution is 5.72. The molecule has 1 fully saturated rings. The fraction of sp³-hybridized carbons (Fsp3) is 0.250. The van der Waals surface area contributed by atoms with Crippen LogP contribution in [0.5, 0.6) is 0 Å². The first-order chi connectivity index (χ1) is 10.9. The lowest BCUT2D eigenvalue weighted by Crippen LogP contribution is -2.21. The number of nitrogens with zero attached hydrogens (tertiary/aromatic N) is 5. The fourth-order valence-corrected chi connectivity index (χ4v) is 2.67. The van der Waals surface area contributed by atoms with Crippen LogP contribution in [0.15, 0.2) is 47.3 Å². The van der Waals surface area contributed by atoms with Gasteiger partial charge in [0.05, 0.1) is 6.26 Å². The van der Waals surface area contributed by atoms with E-state index in [4.69, 9.17) is 9.40 Å². The van der Waals surface area contributed by atoms with Crippen molar-refractivity contribution in [2.75, 3.05) is 18.0 Å². The zero-order valence-electron chi connectivity index (χ0n) is 12.0. The minimum Gasteiger partial charge on any atom is -0.461 e. The van der Waals surface area contributed by atoms with Crippen LogP contribution in [0.25, 0.3) is 22.8 Å². The fourth-order valence-electron chi connectivity index (χ4n) is 2.67. The minimum absolute atomic E-state index is 0.518. The number of hydrogen-bond acceptors (Lipinski definition) is 6. The molecule has 1 aliphatic heterocycles. The van der Waals surface area contributed by atoms with Crippen LogP contribution in [0.4, 0.5) is 5.82 Å². The molecule has 0 N–H and O–H groups in total. The summed E-state index contributed by atoms with van der Waals surface area (Å²) in [4.78, 5) is 11.0. The third kappa shape index (κ3) is 2.32. The Bertz CT molecular complexity index is 751. The smallest absolute Gasteiger partial charge is 0.219 e. The van der Waals surface area contributed by atoms with Crippen LogP contribution in [0.2, 0.25) is 0 Å². The molecule has 0 amide bonds. The molecule has 1 saturated heterocycles. The molecule has 1 aliphatic rings.